The minimum atomic E-state index is -0.150. The topological polar surface area (TPSA) is 76.8 Å². The van der Waals surface area contributed by atoms with Crippen molar-refractivity contribution >= 4 is 11.6 Å². The summed E-state index contributed by atoms with van der Waals surface area (Å²) in [6.07, 6.45) is 0.901. The molecule has 0 saturated carbocycles. The lowest BCUT2D eigenvalue weighted by atomic mass is 10.1. The third kappa shape index (κ3) is 4.98. The maximum Gasteiger partial charge on any atom is 0.253 e. The Morgan fingerprint density at radius 3 is 2.91 bits per heavy atom. The minimum Gasteiger partial charge on any atom is -0.398 e. The summed E-state index contributed by atoms with van der Waals surface area (Å²) >= 11 is 0. The van der Waals surface area contributed by atoms with E-state index in [4.69, 9.17) is 15.2 Å². The summed E-state index contributed by atoms with van der Waals surface area (Å²) in [7, 11) is 1.60. The van der Waals surface area contributed by atoms with Crippen molar-refractivity contribution in [2.45, 2.75) is 6.42 Å². The first-order chi connectivity index (χ1) is 10.7. The van der Waals surface area contributed by atoms with E-state index < -0.39 is 0 Å². The van der Waals surface area contributed by atoms with E-state index in [1.807, 2.05) is 12.1 Å². The third-order valence-electron chi connectivity index (χ3n) is 3.77. The lowest BCUT2D eigenvalue weighted by molar-refractivity contribution is 0.0384. The number of rotatable bonds is 7. The Morgan fingerprint density at radius 2 is 2.18 bits per heavy atom. The van der Waals surface area contributed by atoms with E-state index in [2.05, 4.69) is 10.2 Å². The molecule has 22 heavy (non-hydrogen) atoms. The number of methoxy groups -OCH3 is 1. The van der Waals surface area contributed by atoms with Crippen LogP contribution in [0, 0.1) is 0 Å². The molecule has 6 heteroatoms. The van der Waals surface area contributed by atoms with Gasteiger partial charge in [0.15, 0.2) is 0 Å². The Balaban J connectivity index is 1.92. The SMILES string of the molecule is COCCNC(=O)c1cc(CCN2CCOCC2)ccc1N. The van der Waals surface area contributed by atoms with Gasteiger partial charge in [0.05, 0.1) is 25.4 Å². The number of anilines is 1. The zero-order chi connectivity index (χ0) is 15.8. The summed E-state index contributed by atoms with van der Waals surface area (Å²) in [6, 6.07) is 5.68. The molecule has 2 rings (SSSR count). The highest BCUT2D eigenvalue weighted by Gasteiger charge is 2.12. The third-order valence-corrected chi connectivity index (χ3v) is 3.77. The molecule has 1 amide bonds. The fourth-order valence-corrected chi connectivity index (χ4v) is 2.43. The van der Waals surface area contributed by atoms with Crippen molar-refractivity contribution in [1.29, 1.82) is 0 Å². The predicted molar refractivity (Wildman–Crippen MR) is 86.0 cm³/mol. The second-order valence-corrected chi connectivity index (χ2v) is 5.37. The van der Waals surface area contributed by atoms with E-state index in [0.717, 1.165) is 44.8 Å². The highest BCUT2D eigenvalue weighted by molar-refractivity contribution is 5.99. The van der Waals surface area contributed by atoms with Gasteiger partial charge in [-0.15, -0.1) is 0 Å². The zero-order valence-electron chi connectivity index (χ0n) is 13.1. The Labute approximate surface area is 131 Å². The van der Waals surface area contributed by atoms with Gasteiger partial charge in [0.1, 0.15) is 0 Å². The van der Waals surface area contributed by atoms with Crippen LogP contribution in [0.3, 0.4) is 0 Å². The van der Waals surface area contributed by atoms with Crippen molar-refractivity contribution in [3.63, 3.8) is 0 Å². The molecule has 0 atom stereocenters. The van der Waals surface area contributed by atoms with Crippen LogP contribution in [0.1, 0.15) is 15.9 Å². The molecule has 1 aromatic rings. The highest BCUT2D eigenvalue weighted by Crippen LogP contribution is 2.15. The average molecular weight is 307 g/mol. The van der Waals surface area contributed by atoms with Crippen LogP contribution in [-0.2, 0) is 15.9 Å². The number of carbonyl (C=O) groups excluding carboxylic acids is 1. The van der Waals surface area contributed by atoms with Gasteiger partial charge in [-0.2, -0.15) is 0 Å². The monoisotopic (exact) mass is 307 g/mol. The summed E-state index contributed by atoms with van der Waals surface area (Å²) in [6.45, 7) is 5.48. The Kier molecular flexibility index (Phi) is 6.64. The molecule has 0 aliphatic carbocycles. The Morgan fingerprint density at radius 1 is 1.41 bits per heavy atom. The van der Waals surface area contributed by atoms with E-state index in [-0.39, 0.29) is 5.91 Å². The fraction of sp³-hybridized carbons (Fsp3) is 0.562. The molecule has 0 spiro atoms. The molecule has 1 aliphatic rings. The van der Waals surface area contributed by atoms with E-state index in [1.54, 1.807) is 13.2 Å². The largest absolute Gasteiger partial charge is 0.398 e. The molecule has 0 bridgehead atoms. The van der Waals surface area contributed by atoms with E-state index in [9.17, 15) is 4.79 Å². The van der Waals surface area contributed by atoms with Crippen LogP contribution < -0.4 is 11.1 Å². The smallest absolute Gasteiger partial charge is 0.253 e. The quantitative estimate of drug-likeness (QED) is 0.567. The van der Waals surface area contributed by atoms with Gasteiger partial charge >= 0.3 is 0 Å². The molecule has 3 N–H and O–H groups in total. The van der Waals surface area contributed by atoms with Gasteiger partial charge in [-0.25, -0.2) is 0 Å². The van der Waals surface area contributed by atoms with Crippen LogP contribution in [0.4, 0.5) is 5.69 Å². The first kappa shape index (κ1) is 16.7. The van der Waals surface area contributed by atoms with Gasteiger partial charge in [0.25, 0.3) is 5.91 Å². The number of amides is 1. The number of nitrogens with two attached hydrogens (primary N) is 1. The van der Waals surface area contributed by atoms with Crippen LogP contribution in [0.2, 0.25) is 0 Å². The van der Waals surface area contributed by atoms with Crippen molar-refractivity contribution < 1.29 is 14.3 Å². The standard InChI is InChI=1S/C16H25N3O3/c1-21-9-5-18-16(20)14-12-13(2-3-15(14)17)4-6-19-7-10-22-11-8-19/h2-3,12H,4-11,17H2,1H3,(H,18,20). The van der Waals surface area contributed by atoms with Gasteiger partial charge in [-0.3, -0.25) is 9.69 Å². The predicted octanol–water partition coefficient (Wildman–Crippen LogP) is 0.520. The number of hydrogen-bond donors (Lipinski definition) is 2. The van der Waals surface area contributed by atoms with Crippen molar-refractivity contribution in [3.05, 3.63) is 29.3 Å². The first-order valence-corrected chi connectivity index (χ1v) is 7.66. The number of nitrogens with one attached hydrogen (secondary N) is 1. The molecule has 1 fully saturated rings. The Bertz CT molecular complexity index is 488. The van der Waals surface area contributed by atoms with Crippen molar-refractivity contribution in [2.75, 3.05) is 58.8 Å². The zero-order valence-corrected chi connectivity index (χ0v) is 13.1. The van der Waals surface area contributed by atoms with Gasteiger partial charge in [-0.05, 0) is 24.1 Å². The van der Waals surface area contributed by atoms with Crippen LogP contribution >= 0.6 is 0 Å². The van der Waals surface area contributed by atoms with Crippen LogP contribution in [0.5, 0.6) is 0 Å². The van der Waals surface area contributed by atoms with Crippen LogP contribution in [0.25, 0.3) is 0 Å². The molecule has 0 radical (unpaired) electrons. The van der Waals surface area contributed by atoms with Crippen molar-refractivity contribution in [3.8, 4) is 0 Å². The van der Waals surface area contributed by atoms with Gasteiger partial charge in [0, 0.05) is 39.0 Å². The number of nitrogens with zero attached hydrogens (tertiary/aromatic N) is 1. The van der Waals surface area contributed by atoms with Gasteiger partial charge in [-0.1, -0.05) is 6.07 Å². The molecule has 1 heterocycles. The number of carbonyl (C=O) groups is 1. The molecule has 1 aromatic carbocycles. The van der Waals surface area contributed by atoms with E-state index in [1.165, 1.54) is 0 Å². The van der Waals surface area contributed by atoms with Gasteiger partial charge in [0.2, 0.25) is 0 Å². The van der Waals surface area contributed by atoms with E-state index >= 15 is 0 Å². The highest BCUT2D eigenvalue weighted by atomic mass is 16.5. The molecular formula is C16H25N3O3. The molecule has 0 unspecified atom stereocenters. The Hall–Kier alpha value is -1.63. The summed E-state index contributed by atoms with van der Waals surface area (Å²) in [5, 5.41) is 2.80. The summed E-state index contributed by atoms with van der Waals surface area (Å²) in [4.78, 5) is 14.5. The first-order valence-electron chi connectivity index (χ1n) is 7.66. The number of nitrogen functional groups attached to an aromatic ring is 1. The lowest BCUT2D eigenvalue weighted by Gasteiger charge is -2.26. The minimum absolute atomic E-state index is 0.150. The fourth-order valence-electron chi connectivity index (χ4n) is 2.43. The summed E-state index contributed by atoms with van der Waals surface area (Å²) in [5.41, 5.74) is 8.08. The van der Waals surface area contributed by atoms with Crippen LogP contribution in [0.15, 0.2) is 18.2 Å². The van der Waals surface area contributed by atoms with Crippen molar-refractivity contribution in [1.82, 2.24) is 10.2 Å². The average Bonchev–Trinajstić information content (AvgIpc) is 2.55. The molecule has 122 valence electrons. The van der Waals surface area contributed by atoms with E-state index in [0.29, 0.717) is 24.4 Å². The maximum atomic E-state index is 12.1. The van der Waals surface area contributed by atoms with Crippen molar-refractivity contribution in [2.24, 2.45) is 0 Å². The lowest BCUT2D eigenvalue weighted by Crippen LogP contribution is -2.37. The molecule has 6 nitrogen and oxygen atoms in total. The molecular weight excluding hydrogens is 282 g/mol. The second kappa shape index (κ2) is 8.73. The number of hydrogen-bond acceptors (Lipinski definition) is 5. The second-order valence-electron chi connectivity index (χ2n) is 5.37. The summed E-state index contributed by atoms with van der Waals surface area (Å²) in [5.74, 6) is -0.150. The molecule has 1 saturated heterocycles. The number of ether oxygens (including phenoxy) is 2. The molecule has 0 aromatic heterocycles. The molecule has 1 aliphatic heterocycles. The maximum absolute atomic E-state index is 12.1. The number of benzene rings is 1. The summed E-state index contributed by atoms with van der Waals surface area (Å²) < 4.78 is 10.3. The number of morpholine rings is 1. The van der Waals surface area contributed by atoms with Gasteiger partial charge < -0.3 is 20.5 Å². The van der Waals surface area contributed by atoms with Crippen LogP contribution in [-0.4, -0.2) is 63.9 Å². The normalized spacial score (nSPS) is 15.7.